The first-order chi connectivity index (χ1) is 43.7. The van der Waals surface area contributed by atoms with E-state index in [0.29, 0.717) is 77.9 Å². The zero-order valence-corrected chi connectivity index (χ0v) is 48.3. The smallest absolute Gasteiger partial charge is 0.353 e. The second-order valence-electron chi connectivity index (χ2n) is 23.7. The Bertz CT molecular complexity index is 5460. The zero-order valence-electron chi connectivity index (χ0n) is 48.3. The van der Waals surface area contributed by atoms with Crippen LogP contribution in [0.2, 0.25) is 0 Å². The number of aryl methyl sites for hydroxylation is 2. The van der Waals surface area contributed by atoms with Crippen LogP contribution in [0.15, 0.2) is 243 Å². The van der Waals surface area contributed by atoms with E-state index < -0.39 is 23.5 Å². The summed E-state index contributed by atoms with van der Waals surface area (Å²) in [7, 11) is 0. The number of hydrogen-bond acceptors (Lipinski definition) is 2. The molecule has 0 amide bonds. The predicted octanol–water partition coefficient (Wildman–Crippen LogP) is 23.2. The minimum atomic E-state index is -4.75. The third-order valence-corrected chi connectivity index (χ3v) is 18.1. The van der Waals surface area contributed by atoms with E-state index in [1.807, 2.05) is 97.1 Å². The molecule has 0 atom stereocenters. The summed E-state index contributed by atoms with van der Waals surface area (Å²) >= 11 is 0. The van der Waals surface area contributed by atoms with Gasteiger partial charge in [0.15, 0.2) is 0 Å². The summed E-state index contributed by atoms with van der Waals surface area (Å²) in [4.78, 5) is 19.9. The Labute approximate surface area is 511 Å². The van der Waals surface area contributed by atoms with Crippen molar-refractivity contribution in [2.75, 3.05) is 0 Å². The molecule has 0 unspecified atom stereocenters. The number of halogens is 6. The maximum Gasteiger partial charge on any atom is 0.416 e. The number of benzene rings is 12. The van der Waals surface area contributed by atoms with Crippen molar-refractivity contribution in [2.24, 2.45) is 0 Å². The SMILES string of the molecule is Cc1cccc(-c2c3nc(c(-c4cccc(C)c4)c4[nH]c(c(-c5cccc(C(F)(F)F)c5)c5nc(c(-c6cccc(C(F)(F)F)c6)c6[nH]c2c2cc7ccccc7cc62)-c2cc6ccccc6cc2-5)c2cc5ccccc5cc42)-c2cc4ccccc4cc2-3)c1. The van der Waals surface area contributed by atoms with Gasteiger partial charge < -0.3 is 9.97 Å². The molecular formula is C80H48F6N4. The van der Waals surface area contributed by atoms with Crippen molar-refractivity contribution in [1.82, 2.24) is 19.9 Å². The molecule has 8 bridgehead atoms. The standard InChI is InChI=1S/C80H48F6N4/c1-43-15-11-25-53(31-43)67-71-59-35-45-17-3-4-18-46(45)36-60(59)72(87-71)68(54-26-12-16-44(2)32-54)74-62-38-48-20-6-8-22-50(48)40-64(62)76(89-74)70(56-28-14-30-58(34-56)80(84,85)86)78-66-42-52-24-10-9-23-51(52)41-65(66)77(90-78)69(55-27-13-29-57(33-55)79(81,82)83)75-63-39-49-21-7-5-19-47(49)37-61(63)73(67)88-75/h3-42,88-89H,1-2H3. The van der Waals surface area contributed by atoms with Crippen molar-refractivity contribution in [3.63, 3.8) is 0 Å². The van der Waals surface area contributed by atoms with Crippen molar-refractivity contribution in [1.29, 1.82) is 0 Å². The quantitative estimate of drug-likeness (QED) is 0.173. The fourth-order valence-corrected chi connectivity index (χ4v) is 14.0. The van der Waals surface area contributed by atoms with E-state index in [1.165, 1.54) is 24.3 Å². The zero-order chi connectivity index (χ0) is 60.9. The molecule has 0 saturated heterocycles. The fourth-order valence-electron chi connectivity index (χ4n) is 14.0. The summed E-state index contributed by atoms with van der Waals surface area (Å²) < 4.78 is 92.8. The third-order valence-electron chi connectivity index (χ3n) is 18.1. The number of nitrogens with one attached hydrogen (secondary N) is 2. The molecule has 0 saturated carbocycles. The summed E-state index contributed by atoms with van der Waals surface area (Å²) in [5.41, 5.74) is 11.7. The average molecular weight is 1180 g/mol. The lowest BCUT2D eigenvalue weighted by Crippen LogP contribution is -2.04. The Morgan fingerprint density at radius 3 is 0.767 bits per heavy atom. The van der Waals surface area contributed by atoms with Crippen molar-refractivity contribution in [2.45, 2.75) is 26.2 Å². The fraction of sp³-hybridized carbons (Fsp3) is 0.0500. The summed E-state index contributed by atoms with van der Waals surface area (Å²) in [5.74, 6) is 0. The number of alkyl halides is 6. The summed E-state index contributed by atoms with van der Waals surface area (Å²) in [6.07, 6.45) is -9.49. The first-order valence-corrected chi connectivity index (χ1v) is 29.7. The van der Waals surface area contributed by atoms with Crippen LogP contribution in [-0.2, 0) is 12.4 Å². The molecule has 0 spiro atoms. The van der Waals surface area contributed by atoms with Crippen LogP contribution in [-0.4, -0.2) is 19.9 Å². The van der Waals surface area contributed by atoms with E-state index in [9.17, 15) is 0 Å². The number of nitrogens with zero attached hydrogens (tertiary/aromatic N) is 2. The molecule has 2 aliphatic heterocycles. The van der Waals surface area contributed by atoms with E-state index in [4.69, 9.17) is 9.97 Å². The van der Waals surface area contributed by atoms with Crippen molar-refractivity contribution < 1.29 is 26.3 Å². The number of hydrogen-bond donors (Lipinski definition) is 2. The first kappa shape index (κ1) is 53.2. The van der Waals surface area contributed by atoms with Crippen molar-refractivity contribution >= 4 is 86.7 Å². The minimum absolute atomic E-state index is 0.216. The van der Waals surface area contributed by atoms with E-state index in [1.54, 1.807) is 12.1 Å². The lowest BCUT2D eigenvalue weighted by molar-refractivity contribution is -0.138. The molecule has 0 radical (unpaired) electrons. The van der Waals surface area contributed by atoms with Crippen molar-refractivity contribution in [3.8, 4) is 89.5 Å². The first-order valence-electron chi connectivity index (χ1n) is 29.7. The van der Waals surface area contributed by atoms with Crippen LogP contribution in [0.25, 0.3) is 176 Å². The molecule has 12 aromatic carbocycles. The van der Waals surface area contributed by atoms with Crippen LogP contribution in [0.5, 0.6) is 0 Å². The van der Waals surface area contributed by atoms with Crippen LogP contribution >= 0.6 is 0 Å². The predicted molar refractivity (Wildman–Crippen MR) is 356 cm³/mol. The largest absolute Gasteiger partial charge is 0.416 e. The van der Waals surface area contributed by atoms with Crippen LogP contribution in [0, 0.1) is 13.8 Å². The molecule has 3 aliphatic rings. The van der Waals surface area contributed by atoms with Gasteiger partial charge in [0, 0.05) is 66.1 Å². The van der Waals surface area contributed by atoms with Gasteiger partial charge in [0.25, 0.3) is 0 Å². The van der Waals surface area contributed by atoms with Gasteiger partial charge in [-0.15, -0.1) is 0 Å². The summed E-state index contributed by atoms with van der Waals surface area (Å²) in [6, 6.07) is 76.3. The molecular weight excluding hydrogens is 1130 g/mol. The highest BCUT2D eigenvalue weighted by atomic mass is 19.4. The number of aromatic nitrogens is 4. The lowest BCUT2D eigenvalue weighted by Gasteiger charge is -2.12. The maximum atomic E-state index is 15.5. The summed E-state index contributed by atoms with van der Waals surface area (Å²) in [6.45, 7) is 4.11. The Morgan fingerprint density at radius 1 is 0.267 bits per heavy atom. The lowest BCUT2D eigenvalue weighted by atomic mass is 9.90. The Morgan fingerprint density at radius 2 is 0.511 bits per heavy atom. The molecule has 10 heteroatoms. The molecule has 90 heavy (non-hydrogen) atoms. The van der Waals surface area contributed by atoms with E-state index in [2.05, 4.69) is 121 Å². The van der Waals surface area contributed by atoms with Crippen LogP contribution < -0.4 is 0 Å². The molecule has 0 fully saturated rings. The van der Waals surface area contributed by atoms with Crippen LogP contribution in [0.1, 0.15) is 22.3 Å². The molecule has 4 heterocycles. The van der Waals surface area contributed by atoms with Crippen LogP contribution in [0.4, 0.5) is 26.3 Å². The monoisotopic (exact) mass is 1180 g/mol. The van der Waals surface area contributed by atoms with E-state index in [-0.39, 0.29) is 11.1 Å². The average Bonchev–Trinajstić information content (AvgIpc) is 1.58. The molecule has 2 N–H and O–H groups in total. The van der Waals surface area contributed by atoms with Gasteiger partial charge in [-0.2, -0.15) is 26.3 Å². The highest BCUT2D eigenvalue weighted by Gasteiger charge is 2.35. The minimum Gasteiger partial charge on any atom is -0.353 e. The van der Waals surface area contributed by atoms with Gasteiger partial charge in [-0.1, -0.05) is 181 Å². The molecule has 4 nitrogen and oxygen atoms in total. The van der Waals surface area contributed by atoms with E-state index >= 15 is 26.3 Å². The Balaban J connectivity index is 1.24. The second kappa shape index (κ2) is 19.7. The highest BCUT2D eigenvalue weighted by molar-refractivity contribution is 6.25. The van der Waals surface area contributed by atoms with Gasteiger partial charge in [-0.05, 0) is 152 Å². The third kappa shape index (κ3) is 8.46. The number of rotatable bonds is 4. The molecule has 14 aromatic rings. The van der Waals surface area contributed by atoms with Gasteiger partial charge in [-0.25, -0.2) is 9.97 Å². The highest BCUT2D eigenvalue weighted by Crippen LogP contribution is 2.54. The topological polar surface area (TPSA) is 57.4 Å². The molecule has 2 aromatic heterocycles. The number of H-pyrrole nitrogens is 2. The van der Waals surface area contributed by atoms with Crippen LogP contribution in [0.3, 0.4) is 0 Å². The van der Waals surface area contributed by atoms with Gasteiger partial charge in [0.2, 0.25) is 0 Å². The molecule has 17 rings (SSSR count). The van der Waals surface area contributed by atoms with Gasteiger partial charge in [0.1, 0.15) is 0 Å². The van der Waals surface area contributed by atoms with Crippen molar-refractivity contribution in [3.05, 3.63) is 265 Å². The maximum absolute atomic E-state index is 15.5. The summed E-state index contributed by atoms with van der Waals surface area (Å²) in [5, 5.41) is 10.2. The number of aromatic amines is 2. The van der Waals surface area contributed by atoms with Gasteiger partial charge >= 0.3 is 12.4 Å². The Hall–Kier alpha value is -11.1. The van der Waals surface area contributed by atoms with Gasteiger partial charge in [0.05, 0.1) is 56.0 Å². The molecule has 1 aliphatic carbocycles. The number of fused-ring (bicyclic) bond motifs is 4. The molecule has 430 valence electrons. The van der Waals surface area contributed by atoms with Gasteiger partial charge in [-0.3, -0.25) is 0 Å². The second-order valence-corrected chi connectivity index (χ2v) is 23.7. The van der Waals surface area contributed by atoms with E-state index in [0.717, 1.165) is 111 Å². The normalized spacial score (nSPS) is 12.4. The Kier molecular flexibility index (Phi) is 11.6.